The quantitative estimate of drug-likeness (QED) is 0.692. The molecule has 80 valence electrons. The SMILES string of the molecule is CCCNC(CC(C)C)C(C)(C)C. The summed E-state index contributed by atoms with van der Waals surface area (Å²) in [5.74, 6) is 0.786. The first-order valence-corrected chi connectivity index (χ1v) is 5.61. The van der Waals surface area contributed by atoms with Gasteiger partial charge in [-0.3, -0.25) is 0 Å². The van der Waals surface area contributed by atoms with Crippen molar-refractivity contribution in [2.75, 3.05) is 6.54 Å². The first kappa shape index (κ1) is 13.0. The molecule has 0 aromatic carbocycles. The maximum Gasteiger partial charge on any atom is 0.0118 e. The van der Waals surface area contributed by atoms with Gasteiger partial charge in [-0.1, -0.05) is 41.5 Å². The van der Waals surface area contributed by atoms with Gasteiger partial charge in [-0.15, -0.1) is 0 Å². The van der Waals surface area contributed by atoms with Gasteiger partial charge in [0, 0.05) is 6.04 Å². The van der Waals surface area contributed by atoms with Crippen molar-refractivity contribution in [1.29, 1.82) is 0 Å². The largest absolute Gasteiger partial charge is 0.313 e. The van der Waals surface area contributed by atoms with Crippen molar-refractivity contribution in [2.45, 2.75) is 60.4 Å². The summed E-state index contributed by atoms with van der Waals surface area (Å²) in [5, 5.41) is 3.64. The first-order valence-electron chi connectivity index (χ1n) is 5.61. The van der Waals surface area contributed by atoms with Crippen LogP contribution in [-0.2, 0) is 0 Å². The summed E-state index contributed by atoms with van der Waals surface area (Å²) >= 11 is 0. The van der Waals surface area contributed by atoms with E-state index >= 15 is 0 Å². The van der Waals surface area contributed by atoms with Crippen molar-refractivity contribution in [3.05, 3.63) is 0 Å². The standard InChI is InChI=1S/C12H27N/c1-7-8-13-11(9-10(2)3)12(4,5)6/h10-11,13H,7-9H2,1-6H3. The van der Waals surface area contributed by atoms with Crippen molar-refractivity contribution in [3.63, 3.8) is 0 Å². The molecule has 0 aliphatic rings. The molecular formula is C12H27N. The molecule has 0 amide bonds. The molecule has 13 heavy (non-hydrogen) atoms. The maximum absolute atomic E-state index is 3.64. The van der Waals surface area contributed by atoms with Gasteiger partial charge in [0.15, 0.2) is 0 Å². The lowest BCUT2D eigenvalue weighted by atomic mass is 9.82. The van der Waals surface area contributed by atoms with E-state index in [-0.39, 0.29) is 0 Å². The van der Waals surface area contributed by atoms with E-state index < -0.39 is 0 Å². The molecule has 0 radical (unpaired) electrons. The van der Waals surface area contributed by atoms with Crippen LogP contribution < -0.4 is 5.32 Å². The van der Waals surface area contributed by atoms with E-state index in [2.05, 4.69) is 46.9 Å². The molecule has 1 nitrogen and oxygen atoms in total. The summed E-state index contributed by atoms with van der Waals surface area (Å²) in [4.78, 5) is 0. The van der Waals surface area contributed by atoms with Gasteiger partial charge in [0.2, 0.25) is 0 Å². The van der Waals surface area contributed by atoms with Gasteiger partial charge in [-0.25, -0.2) is 0 Å². The van der Waals surface area contributed by atoms with Crippen LogP contribution in [0.3, 0.4) is 0 Å². The van der Waals surface area contributed by atoms with E-state index in [1.807, 2.05) is 0 Å². The maximum atomic E-state index is 3.64. The molecule has 0 fully saturated rings. The minimum Gasteiger partial charge on any atom is -0.313 e. The number of hydrogen-bond acceptors (Lipinski definition) is 1. The van der Waals surface area contributed by atoms with E-state index in [1.165, 1.54) is 12.8 Å². The summed E-state index contributed by atoms with van der Waals surface area (Å²) in [5.41, 5.74) is 0.388. The van der Waals surface area contributed by atoms with Crippen LogP contribution in [0.1, 0.15) is 54.4 Å². The zero-order valence-corrected chi connectivity index (χ0v) is 10.3. The van der Waals surface area contributed by atoms with E-state index in [9.17, 15) is 0 Å². The Hall–Kier alpha value is -0.0400. The molecule has 1 N–H and O–H groups in total. The molecule has 0 spiro atoms. The van der Waals surface area contributed by atoms with Gasteiger partial charge in [0.1, 0.15) is 0 Å². The molecule has 0 saturated heterocycles. The molecule has 1 atom stereocenters. The van der Waals surface area contributed by atoms with Crippen LogP contribution in [0.15, 0.2) is 0 Å². The van der Waals surface area contributed by atoms with Crippen LogP contribution >= 0.6 is 0 Å². The Kier molecular flexibility index (Phi) is 5.62. The Morgan fingerprint density at radius 2 is 1.69 bits per heavy atom. The number of nitrogens with one attached hydrogen (secondary N) is 1. The number of rotatable bonds is 5. The Morgan fingerprint density at radius 3 is 2.00 bits per heavy atom. The highest BCUT2D eigenvalue weighted by molar-refractivity contribution is 4.81. The van der Waals surface area contributed by atoms with Crippen molar-refractivity contribution >= 4 is 0 Å². The zero-order chi connectivity index (χ0) is 10.5. The van der Waals surface area contributed by atoms with Crippen LogP contribution in [0.4, 0.5) is 0 Å². The third-order valence-corrected chi connectivity index (χ3v) is 2.39. The Morgan fingerprint density at radius 1 is 1.15 bits per heavy atom. The molecule has 0 aliphatic carbocycles. The van der Waals surface area contributed by atoms with E-state index in [0.717, 1.165) is 12.5 Å². The highest BCUT2D eigenvalue weighted by Gasteiger charge is 2.24. The molecule has 0 aliphatic heterocycles. The van der Waals surface area contributed by atoms with Crippen LogP contribution in [0.25, 0.3) is 0 Å². The van der Waals surface area contributed by atoms with Gasteiger partial charge in [0.05, 0.1) is 0 Å². The average molecular weight is 185 g/mol. The molecule has 0 bridgehead atoms. The molecule has 1 heteroatoms. The van der Waals surface area contributed by atoms with E-state index in [0.29, 0.717) is 11.5 Å². The predicted molar refractivity (Wildman–Crippen MR) is 61.0 cm³/mol. The third-order valence-electron chi connectivity index (χ3n) is 2.39. The van der Waals surface area contributed by atoms with E-state index in [4.69, 9.17) is 0 Å². The molecule has 0 aromatic rings. The minimum absolute atomic E-state index is 0.388. The second-order valence-corrected chi connectivity index (χ2v) is 5.50. The second kappa shape index (κ2) is 5.64. The molecular weight excluding hydrogens is 158 g/mol. The smallest absolute Gasteiger partial charge is 0.0118 e. The van der Waals surface area contributed by atoms with Gasteiger partial charge in [0.25, 0.3) is 0 Å². The summed E-state index contributed by atoms with van der Waals surface area (Å²) in [7, 11) is 0. The monoisotopic (exact) mass is 185 g/mol. The Labute approximate surface area is 84.3 Å². The molecule has 0 heterocycles. The topological polar surface area (TPSA) is 12.0 Å². The van der Waals surface area contributed by atoms with Crippen LogP contribution in [0, 0.1) is 11.3 Å². The molecule has 0 aromatic heterocycles. The predicted octanol–water partition coefficient (Wildman–Crippen LogP) is 3.45. The minimum atomic E-state index is 0.388. The Balaban J connectivity index is 4.03. The lowest BCUT2D eigenvalue weighted by Gasteiger charge is -2.33. The van der Waals surface area contributed by atoms with Crippen molar-refractivity contribution in [1.82, 2.24) is 5.32 Å². The first-order chi connectivity index (χ1) is 5.88. The normalized spacial score (nSPS) is 15.0. The number of hydrogen-bond donors (Lipinski definition) is 1. The second-order valence-electron chi connectivity index (χ2n) is 5.50. The van der Waals surface area contributed by atoms with Crippen LogP contribution in [0.2, 0.25) is 0 Å². The molecule has 1 unspecified atom stereocenters. The zero-order valence-electron chi connectivity index (χ0n) is 10.3. The van der Waals surface area contributed by atoms with Crippen LogP contribution in [0.5, 0.6) is 0 Å². The lowest BCUT2D eigenvalue weighted by Crippen LogP contribution is -2.41. The van der Waals surface area contributed by atoms with E-state index in [1.54, 1.807) is 0 Å². The average Bonchev–Trinajstić information content (AvgIpc) is 1.95. The summed E-state index contributed by atoms with van der Waals surface area (Å²) in [6, 6.07) is 0.660. The fraction of sp³-hybridized carbons (Fsp3) is 1.00. The van der Waals surface area contributed by atoms with Gasteiger partial charge < -0.3 is 5.32 Å². The summed E-state index contributed by atoms with van der Waals surface area (Å²) < 4.78 is 0. The van der Waals surface area contributed by atoms with Gasteiger partial charge in [-0.2, -0.15) is 0 Å². The van der Waals surface area contributed by atoms with Crippen molar-refractivity contribution in [2.24, 2.45) is 11.3 Å². The molecule has 0 saturated carbocycles. The van der Waals surface area contributed by atoms with Gasteiger partial charge in [-0.05, 0) is 30.7 Å². The van der Waals surface area contributed by atoms with Gasteiger partial charge >= 0.3 is 0 Å². The molecule has 0 rings (SSSR count). The highest BCUT2D eigenvalue weighted by Crippen LogP contribution is 2.24. The third kappa shape index (κ3) is 6.09. The summed E-state index contributed by atoms with van der Waals surface area (Å²) in [6.45, 7) is 14.9. The van der Waals surface area contributed by atoms with Crippen LogP contribution in [-0.4, -0.2) is 12.6 Å². The lowest BCUT2D eigenvalue weighted by molar-refractivity contribution is 0.234. The Bertz CT molecular complexity index is 122. The summed E-state index contributed by atoms with van der Waals surface area (Å²) in [6.07, 6.45) is 2.51. The fourth-order valence-corrected chi connectivity index (χ4v) is 1.53. The fourth-order valence-electron chi connectivity index (χ4n) is 1.53. The van der Waals surface area contributed by atoms with Crippen molar-refractivity contribution in [3.8, 4) is 0 Å². The highest BCUT2D eigenvalue weighted by atomic mass is 14.9. The van der Waals surface area contributed by atoms with Crippen molar-refractivity contribution < 1.29 is 0 Å².